The molecule has 114 valence electrons. The zero-order chi connectivity index (χ0) is 15.0. The van der Waals surface area contributed by atoms with Crippen LogP contribution in [0.15, 0.2) is 6.33 Å². The van der Waals surface area contributed by atoms with Crippen LogP contribution in [0.3, 0.4) is 0 Å². The molecule has 0 spiro atoms. The largest absolute Gasteiger partial charge is 0.370 e. The summed E-state index contributed by atoms with van der Waals surface area (Å²) < 4.78 is 0. The number of anilines is 2. The van der Waals surface area contributed by atoms with Gasteiger partial charge in [-0.05, 0) is 33.1 Å². The van der Waals surface area contributed by atoms with Gasteiger partial charge in [0.1, 0.15) is 18.0 Å². The lowest BCUT2D eigenvalue weighted by atomic mass is 9.98. The Hall–Kier alpha value is -1.32. The highest BCUT2D eigenvalue weighted by molar-refractivity contribution is 5.58. The zero-order valence-corrected chi connectivity index (χ0v) is 13.7. The van der Waals surface area contributed by atoms with E-state index in [0.717, 1.165) is 50.3 Å². The number of hydrogen-bond donors (Lipinski definition) is 2. The molecule has 0 radical (unpaired) electrons. The SMILES string of the molecule is CCCNc1ncnc(NC(C)(C)CCC)c1CCC. The molecule has 0 aliphatic carbocycles. The Kier molecular flexibility index (Phi) is 6.76. The summed E-state index contributed by atoms with van der Waals surface area (Å²) in [7, 11) is 0. The van der Waals surface area contributed by atoms with Crippen LogP contribution in [0, 0.1) is 0 Å². The fraction of sp³-hybridized carbons (Fsp3) is 0.750. The molecule has 0 amide bonds. The van der Waals surface area contributed by atoms with Crippen molar-refractivity contribution in [2.45, 2.75) is 72.3 Å². The van der Waals surface area contributed by atoms with E-state index in [2.05, 4.69) is 55.2 Å². The Morgan fingerprint density at radius 1 is 1.00 bits per heavy atom. The zero-order valence-electron chi connectivity index (χ0n) is 13.7. The van der Waals surface area contributed by atoms with Crippen molar-refractivity contribution in [1.82, 2.24) is 9.97 Å². The van der Waals surface area contributed by atoms with Crippen LogP contribution in [0.2, 0.25) is 0 Å². The number of nitrogens with one attached hydrogen (secondary N) is 2. The molecule has 20 heavy (non-hydrogen) atoms. The molecule has 4 nitrogen and oxygen atoms in total. The first-order valence-electron chi connectivity index (χ1n) is 7.90. The molecule has 0 unspecified atom stereocenters. The van der Waals surface area contributed by atoms with Crippen molar-refractivity contribution in [3.05, 3.63) is 11.9 Å². The van der Waals surface area contributed by atoms with E-state index in [4.69, 9.17) is 0 Å². The predicted molar refractivity (Wildman–Crippen MR) is 87.4 cm³/mol. The Balaban J connectivity index is 2.98. The molecule has 0 aliphatic rings. The molecule has 0 aromatic carbocycles. The molecule has 1 rings (SSSR count). The maximum Gasteiger partial charge on any atom is 0.135 e. The van der Waals surface area contributed by atoms with E-state index in [9.17, 15) is 0 Å². The highest BCUT2D eigenvalue weighted by atomic mass is 15.1. The van der Waals surface area contributed by atoms with E-state index in [1.807, 2.05) is 0 Å². The van der Waals surface area contributed by atoms with Gasteiger partial charge in [0.15, 0.2) is 0 Å². The van der Waals surface area contributed by atoms with Gasteiger partial charge in [0, 0.05) is 17.6 Å². The maximum absolute atomic E-state index is 4.47. The Morgan fingerprint density at radius 3 is 2.30 bits per heavy atom. The van der Waals surface area contributed by atoms with Crippen LogP contribution in [0.5, 0.6) is 0 Å². The lowest BCUT2D eigenvalue weighted by molar-refractivity contribution is 0.508. The Bertz CT molecular complexity index is 401. The number of aromatic nitrogens is 2. The monoisotopic (exact) mass is 278 g/mol. The average Bonchev–Trinajstić information content (AvgIpc) is 2.39. The van der Waals surface area contributed by atoms with Crippen LogP contribution in [0.1, 0.15) is 65.9 Å². The van der Waals surface area contributed by atoms with Gasteiger partial charge in [-0.3, -0.25) is 0 Å². The van der Waals surface area contributed by atoms with Crippen LogP contribution in [0.25, 0.3) is 0 Å². The molecule has 2 N–H and O–H groups in total. The van der Waals surface area contributed by atoms with Gasteiger partial charge in [-0.2, -0.15) is 0 Å². The smallest absolute Gasteiger partial charge is 0.135 e. The van der Waals surface area contributed by atoms with Crippen LogP contribution in [0.4, 0.5) is 11.6 Å². The van der Waals surface area contributed by atoms with Crippen LogP contribution in [-0.2, 0) is 6.42 Å². The molecule has 1 aromatic rings. The van der Waals surface area contributed by atoms with Gasteiger partial charge in [0.05, 0.1) is 0 Å². The summed E-state index contributed by atoms with van der Waals surface area (Å²) in [5, 5.41) is 7.01. The van der Waals surface area contributed by atoms with E-state index >= 15 is 0 Å². The first-order chi connectivity index (χ1) is 9.54. The fourth-order valence-corrected chi connectivity index (χ4v) is 2.41. The molecule has 0 aliphatic heterocycles. The van der Waals surface area contributed by atoms with Crippen molar-refractivity contribution >= 4 is 11.6 Å². The third-order valence-corrected chi connectivity index (χ3v) is 3.32. The number of nitrogens with zero attached hydrogens (tertiary/aromatic N) is 2. The van der Waals surface area contributed by atoms with Crippen LogP contribution < -0.4 is 10.6 Å². The highest BCUT2D eigenvalue weighted by Crippen LogP contribution is 2.26. The summed E-state index contributed by atoms with van der Waals surface area (Å²) in [5.41, 5.74) is 1.28. The number of hydrogen-bond acceptors (Lipinski definition) is 4. The second kappa shape index (κ2) is 8.08. The minimum absolute atomic E-state index is 0.0631. The average molecular weight is 278 g/mol. The van der Waals surface area contributed by atoms with E-state index in [0.29, 0.717) is 0 Å². The first kappa shape index (κ1) is 16.7. The van der Waals surface area contributed by atoms with Gasteiger partial charge in [-0.15, -0.1) is 0 Å². The van der Waals surface area contributed by atoms with Gasteiger partial charge in [-0.1, -0.05) is 33.6 Å². The van der Waals surface area contributed by atoms with E-state index < -0.39 is 0 Å². The van der Waals surface area contributed by atoms with Crippen molar-refractivity contribution in [2.75, 3.05) is 17.2 Å². The minimum atomic E-state index is 0.0631. The predicted octanol–water partition coefficient (Wildman–Crippen LogP) is 4.24. The standard InChI is InChI=1S/C16H30N4/c1-6-9-13-14(17-11-8-3)18-12-19-15(13)20-16(4,5)10-7-2/h12H,6-11H2,1-5H3,(H2,17,18,19,20). The molecular formula is C16H30N4. The van der Waals surface area contributed by atoms with Gasteiger partial charge in [0.25, 0.3) is 0 Å². The molecular weight excluding hydrogens is 248 g/mol. The molecule has 1 aromatic heterocycles. The summed E-state index contributed by atoms with van der Waals surface area (Å²) in [6.07, 6.45) is 7.13. The molecule has 0 saturated heterocycles. The van der Waals surface area contributed by atoms with E-state index in [1.165, 1.54) is 5.56 Å². The van der Waals surface area contributed by atoms with Crippen LogP contribution in [-0.4, -0.2) is 22.1 Å². The summed E-state index contributed by atoms with van der Waals surface area (Å²) in [5.74, 6) is 1.97. The summed E-state index contributed by atoms with van der Waals surface area (Å²) in [4.78, 5) is 8.88. The van der Waals surface area contributed by atoms with Crippen molar-refractivity contribution in [3.63, 3.8) is 0 Å². The third-order valence-electron chi connectivity index (χ3n) is 3.32. The van der Waals surface area contributed by atoms with Gasteiger partial charge in [0.2, 0.25) is 0 Å². The molecule has 0 bridgehead atoms. The Morgan fingerprint density at radius 2 is 1.70 bits per heavy atom. The first-order valence-corrected chi connectivity index (χ1v) is 7.90. The highest BCUT2D eigenvalue weighted by Gasteiger charge is 2.20. The molecule has 0 fully saturated rings. The lowest BCUT2D eigenvalue weighted by Crippen LogP contribution is -2.31. The third kappa shape index (κ3) is 4.99. The number of rotatable bonds is 9. The topological polar surface area (TPSA) is 49.8 Å². The van der Waals surface area contributed by atoms with Crippen molar-refractivity contribution in [2.24, 2.45) is 0 Å². The summed E-state index contributed by atoms with van der Waals surface area (Å²) in [6.45, 7) is 12.0. The van der Waals surface area contributed by atoms with E-state index in [1.54, 1.807) is 6.33 Å². The lowest BCUT2D eigenvalue weighted by Gasteiger charge is -2.28. The minimum Gasteiger partial charge on any atom is -0.370 e. The fourth-order valence-electron chi connectivity index (χ4n) is 2.41. The summed E-state index contributed by atoms with van der Waals surface area (Å²) in [6, 6.07) is 0. The van der Waals surface area contributed by atoms with Crippen LogP contribution >= 0.6 is 0 Å². The Labute approximate surface area is 123 Å². The molecule has 1 heterocycles. The van der Waals surface area contributed by atoms with Gasteiger partial charge >= 0.3 is 0 Å². The summed E-state index contributed by atoms with van der Waals surface area (Å²) >= 11 is 0. The normalized spacial score (nSPS) is 11.4. The van der Waals surface area contributed by atoms with Gasteiger partial charge < -0.3 is 10.6 Å². The second-order valence-electron chi connectivity index (χ2n) is 5.99. The molecule has 4 heteroatoms. The van der Waals surface area contributed by atoms with Crippen molar-refractivity contribution in [3.8, 4) is 0 Å². The van der Waals surface area contributed by atoms with E-state index in [-0.39, 0.29) is 5.54 Å². The quantitative estimate of drug-likeness (QED) is 0.709. The second-order valence-corrected chi connectivity index (χ2v) is 5.99. The van der Waals surface area contributed by atoms with Crippen molar-refractivity contribution < 1.29 is 0 Å². The maximum atomic E-state index is 4.47. The molecule has 0 atom stereocenters. The molecule has 0 saturated carbocycles. The van der Waals surface area contributed by atoms with Gasteiger partial charge in [-0.25, -0.2) is 9.97 Å². The van der Waals surface area contributed by atoms with Crippen molar-refractivity contribution in [1.29, 1.82) is 0 Å².